The third-order valence-corrected chi connectivity index (χ3v) is 1.16. The highest BCUT2D eigenvalue weighted by atomic mass is 16.7. The van der Waals surface area contributed by atoms with Crippen LogP contribution in [-0.4, -0.2) is 46.4 Å². The van der Waals surface area contributed by atoms with Crippen LogP contribution in [0.25, 0.3) is 0 Å². The molecule has 0 heterocycles. The van der Waals surface area contributed by atoms with Crippen molar-refractivity contribution in [2.75, 3.05) is 0 Å². The zero-order valence-electron chi connectivity index (χ0n) is 8.68. The maximum Gasteiger partial charge on any atom is 0.789 e. The molecular formula is C8H7BO9. The Morgan fingerprint density at radius 2 is 1.11 bits per heavy atom. The summed E-state index contributed by atoms with van der Waals surface area (Å²) in [5.74, 6) is -5.36. The smallest absolute Gasteiger partial charge is 0.478 e. The van der Waals surface area contributed by atoms with Gasteiger partial charge in [0.2, 0.25) is 0 Å². The lowest BCUT2D eigenvalue weighted by Crippen LogP contribution is -2.28. The predicted octanol–water partition coefficient (Wildman–Crippen LogP) is -1.67. The van der Waals surface area contributed by atoms with E-state index in [9.17, 15) is 19.2 Å². The highest BCUT2D eigenvalue weighted by molar-refractivity contribution is 6.41. The molecular weight excluding hydrogens is 251 g/mol. The van der Waals surface area contributed by atoms with E-state index in [1.165, 1.54) is 0 Å². The van der Waals surface area contributed by atoms with Crippen LogP contribution in [0.5, 0.6) is 0 Å². The Labute approximate surface area is 100 Å². The quantitative estimate of drug-likeness (QED) is 0.375. The van der Waals surface area contributed by atoms with Crippen LogP contribution in [0.1, 0.15) is 0 Å². The number of hydrogen-bond acceptors (Lipinski definition) is 7. The third-order valence-electron chi connectivity index (χ3n) is 1.16. The molecule has 0 spiro atoms. The SMILES string of the molecule is O=C(O)/C=C\C(=O)OB(O)OC(=O)/C=C\C(=O)O. The van der Waals surface area contributed by atoms with Gasteiger partial charge in [-0.25, -0.2) is 19.2 Å². The molecule has 0 bridgehead atoms. The fourth-order valence-electron chi connectivity index (χ4n) is 0.580. The van der Waals surface area contributed by atoms with Crippen LogP contribution in [0.3, 0.4) is 0 Å². The van der Waals surface area contributed by atoms with Gasteiger partial charge in [-0.3, -0.25) is 0 Å². The summed E-state index contributed by atoms with van der Waals surface area (Å²) >= 11 is 0. The molecule has 3 N–H and O–H groups in total. The monoisotopic (exact) mass is 258 g/mol. The molecule has 0 aliphatic carbocycles. The predicted molar refractivity (Wildman–Crippen MR) is 53.7 cm³/mol. The first-order valence-corrected chi connectivity index (χ1v) is 4.22. The maximum absolute atomic E-state index is 10.8. The molecule has 0 saturated carbocycles. The summed E-state index contributed by atoms with van der Waals surface area (Å²) in [7, 11) is -2.28. The van der Waals surface area contributed by atoms with Crippen LogP contribution < -0.4 is 0 Å². The largest absolute Gasteiger partial charge is 0.789 e. The van der Waals surface area contributed by atoms with E-state index in [1.807, 2.05) is 0 Å². The normalized spacial score (nSPS) is 10.3. The van der Waals surface area contributed by atoms with E-state index < -0.39 is 31.2 Å². The number of carbonyl (C=O) groups excluding carboxylic acids is 2. The van der Waals surface area contributed by atoms with Gasteiger partial charge in [-0.05, 0) is 0 Å². The Kier molecular flexibility index (Phi) is 6.52. The average molecular weight is 258 g/mol. The van der Waals surface area contributed by atoms with Gasteiger partial charge in [-0.1, -0.05) is 0 Å². The highest BCUT2D eigenvalue weighted by Crippen LogP contribution is 1.91. The topological polar surface area (TPSA) is 147 Å². The molecule has 18 heavy (non-hydrogen) atoms. The van der Waals surface area contributed by atoms with Gasteiger partial charge in [0.15, 0.2) is 0 Å². The van der Waals surface area contributed by atoms with Gasteiger partial charge in [-0.2, -0.15) is 0 Å². The number of hydrogen-bond donors (Lipinski definition) is 3. The van der Waals surface area contributed by atoms with Gasteiger partial charge in [-0.15, -0.1) is 0 Å². The van der Waals surface area contributed by atoms with Gasteiger partial charge in [0.1, 0.15) is 0 Å². The Bertz CT molecular complexity index is 373. The summed E-state index contributed by atoms with van der Waals surface area (Å²) in [5.41, 5.74) is 0. The first-order chi connectivity index (χ1) is 8.31. The van der Waals surface area contributed by atoms with Crippen LogP contribution in [0.2, 0.25) is 0 Å². The number of carbonyl (C=O) groups is 4. The van der Waals surface area contributed by atoms with Crippen molar-refractivity contribution in [3.8, 4) is 0 Å². The fraction of sp³-hybridized carbons (Fsp3) is 0. The standard InChI is InChI=1S/C8H7BO9/c10-5(11)1-3-7(14)17-9(16)18-8(15)4-2-6(12)13/h1-4,16H,(H,10,11)(H,12,13)/b3-1-,4-2-. The highest BCUT2D eigenvalue weighted by Gasteiger charge is 2.25. The van der Waals surface area contributed by atoms with Crippen molar-refractivity contribution < 1.29 is 43.7 Å². The maximum atomic E-state index is 10.8. The van der Waals surface area contributed by atoms with E-state index in [1.54, 1.807) is 0 Å². The van der Waals surface area contributed by atoms with Gasteiger partial charge < -0.3 is 24.5 Å². The van der Waals surface area contributed by atoms with E-state index in [0.717, 1.165) is 0 Å². The molecule has 0 atom stereocenters. The van der Waals surface area contributed by atoms with Gasteiger partial charge in [0.05, 0.1) is 0 Å². The van der Waals surface area contributed by atoms with Crippen molar-refractivity contribution in [2.24, 2.45) is 0 Å². The van der Waals surface area contributed by atoms with Crippen molar-refractivity contribution in [1.29, 1.82) is 0 Å². The Morgan fingerprint density at radius 3 is 1.39 bits per heavy atom. The fourth-order valence-corrected chi connectivity index (χ4v) is 0.580. The van der Waals surface area contributed by atoms with Crippen LogP contribution in [-0.2, 0) is 28.5 Å². The number of carboxylic acid groups (broad SMARTS) is 2. The molecule has 0 aromatic carbocycles. The first-order valence-electron chi connectivity index (χ1n) is 4.22. The molecule has 96 valence electrons. The molecule has 9 nitrogen and oxygen atoms in total. The Hall–Kier alpha value is -2.62. The van der Waals surface area contributed by atoms with E-state index >= 15 is 0 Å². The molecule has 0 amide bonds. The van der Waals surface area contributed by atoms with Crippen molar-refractivity contribution in [1.82, 2.24) is 0 Å². The zero-order valence-corrected chi connectivity index (χ0v) is 8.68. The van der Waals surface area contributed by atoms with Crippen molar-refractivity contribution in [2.45, 2.75) is 0 Å². The zero-order chi connectivity index (χ0) is 14.1. The minimum atomic E-state index is -2.28. The molecule has 0 aliphatic rings. The summed E-state index contributed by atoms with van der Waals surface area (Å²) in [4.78, 5) is 41.6. The first kappa shape index (κ1) is 15.4. The molecule has 0 saturated heterocycles. The molecule has 10 heteroatoms. The van der Waals surface area contributed by atoms with Crippen molar-refractivity contribution in [3.63, 3.8) is 0 Å². The lowest BCUT2D eigenvalue weighted by atomic mass is 10.2. The second kappa shape index (κ2) is 7.62. The summed E-state index contributed by atoms with van der Waals surface area (Å²) in [6.45, 7) is 0. The van der Waals surface area contributed by atoms with E-state index in [2.05, 4.69) is 9.31 Å². The molecule has 0 aromatic heterocycles. The van der Waals surface area contributed by atoms with Crippen LogP contribution in [0.15, 0.2) is 24.3 Å². The minimum Gasteiger partial charge on any atom is -0.478 e. The third kappa shape index (κ3) is 8.67. The van der Waals surface area contributed by atoms with Gasteiger partial charge in [0.25, 0.3) is 0 Å². The van der Waals surface area contributed by atoms with Crippen molar-refractivity contribution in [3.05, 3.63) is 24.3 Å². The second-order valence-electron chi connectivity index (χ2n) is 2.52. The molecule has 0 fully saturated rings. The van der Waals surface area contributed by atoms with Gasteiger partial charge in [0, 0.05) is 24.3 Å². The van der Waals surface area contributed by atoms with E-state index in [0.29, 0.717) is 24.3 Å². The Morgan fingerprint density at radius 1 is 0.778 bits per heavy atom. The van der Waals surface area contributed by atoms with Crippen LogP contribution in [0, 0.1) is 0 Å². The van der Waals surface area contributed by atoms with Crippen molar-refractivity contribution >= 4 is 31.2 Å². The van der Waals surface area contributed by atoms with Gasteiger partial charge >= 0.3 is 31.2 Å². The lowest BCUT2D eigenvalue weighted by Gasteiger charge is -2.04. The van der Waals surface area contributed by atoms with E-state index in [-0.39, 0.29) is 0 Å². The van der Waals surface area contributed by atoms with Crippen LogP contribution >= 0.6 is 0 Å². The molecule has 0 aliphatic heterocycles. The molecule has 0 unspecified atom stereocenters. The summed E-state index contributed by atoms with van der Waals surface area (Å²) in [5, 5.41) is 25.2. The minimum absolute atomic E-state index is 0.446. The average Bonchev–Trinajstić information content (AvgIpc) is 2.23. The molecule has 0 radical (unpaired) electrons. The number of aliphatic carboxylic acids is 2. The Balaban J connectivity index is 4.15. The number of carboxylic acids is 2. The lowest BCUT2D eigenvalue weighted by molar-refractivity contribution is -0.138. The summed E-state index contributed by atoms with van der Waals surface area (Å²) in [6, 6.07) is 0. The second-order valence-corrected chi connectivity index (χ2v) is 2.52. The summed E-state index contributed by atoms with van der Waals surface area (Å²) < 4.78 is 8.04. The number of rotatable bonds is 6. The molecule has 0 rings (SSSR count). The van der Waals surface area contributed by atoms with Crippen LogP contribution in [0.4, 0.5) is 0 Å². The van der Waals surface area contributed by atoms with E-state index in [4.69, 9.17) is 15.2 Å². The molecule has 0 aromatic rings. The summed E-state index contributed by atoms with van der Waals surface area (Å²) in [6.07, 6.45) is 1.85.